The van der Waals surface area contributed by atoms with Crippen LogP contribution in [-0.4, -0.2) is 38.0 Å². The van der Waals surface area contributed by atoms with E-state index in [0.717, 1.165) is 19.4 Å². The smallest absolute Gasteiger partial charge is 0.252 e. The standard InChI is InChI=1S/C7H10BrNO3S2/c1-9(4-5-10)14(11,12)7-3-2-6(8)13-7/h2-3,10H,4-5H2,1H3. The third kappa shape index (κ3) is 2.54. The van der Waals surface area contributed by atoms with Crippen LogP contribution in [0.3, 0.4) is 0 Å². The molecule has 1 aromatic rings. The van der Waals surface area contributed by atoms with E-state index in [1.54, 1.807) is 6.07 Å². The highest BCUT2D eigenvalue weighted by Gasteiger charge is 2.21. The van der Waals surface area contributed by atoms with Crippen LogP contribution < -0.4 is 0 Å². The van der Waals surface area contributed by atoms with E-state index in [1.165, 1.54) is 13.1 Å². The van der Waals surface area contributed by atoms with Gasteiger partial charge in [0.25, 0.3) is 10.0 Å². The van der Waals surface area contributed by atoms with Crippen LogP contribution in [0.4, 0.5) is 0 Å². The maximum Gasteiger partial charge on any atom is 0.252 e. The summed E-state index contributed by atoms with van der Waals surface area (Å²) in [5.41, 5.74) is 0. The molecule has 0 saturated heterocycles. The summed E-state index contributed by atoms with van der Waals surface area (Å²) in [6.45, 7) is -0.0693. The molecule has 0 radical (unpaired) electrons. The number of thiophene rings is 1. The lowest BCUT2D eigenvalue weighted by molar-refractivity contribution is 0.266. The van der Waals surface area contributed by atoms with Crippen molar-refractivity contribution in [2.24, 2.45) is 0 Å². The Morgan fingerprint density at radius 1 is 1.57 bits per heavy atom. The lowest BCUT2D eigenvalue weighted by atomic mass is 10.7. The number of hydrogen-bond donors (Lipinski definition) is 1. The molecule has 0 unspecified atom stereocenters. The molecular weight excluding hydrogens is 290 g/mol. The molecule has 1 heterocycles. The van der Waals surface area contributed by atoms with Gasteiger partial charge in [0.15, 0.2) is 0 Å². The van der Waals surface area contributed by atoms with Gasteiger partial charge in [-0.1, -0.05) is 0 Å². The summed E-state index contributed by atoms with van der Waals surface area (Å²) in [7, 11) is -1.97. The van der Waals surface area contributed by atoms with Crippen LogP contribution in [0.2, 0.25) is 0 Å². The van der Waals surface area contributed by atoms with E-state index >= 15 is 0 Å². The number of sulfonamides is 1. The fraction of sp³-hybridized carbons (Fsp3) is 0.429. The first-order valence-corrected chi connectivity index (χ1v) is 6.86. The average Bonchev–Trinajstić information content (AvgIpc) is 2.52. The van der Waals surface area contributed by atoms with Gasteiger partial charge < -0.3 is 5.11 Å². The van der Waals surface area contributed by atoms with E-state index in [-0.39, 0.29) is 17.4 Å². The summed E-state index contributed by atoms with van der Waals surface area (Å²) in [4.78, 5) is 0. The molecule has 7 heteroatoms. The summed E-state index contributed by atoms with van der Waals surface area (Å²) in [6.07, 6.45) is 0. The molecule has 4 nitrogen and oxygen atoms in total. The quantitative estimate of drug-likeness (QED) is 0.906. The lowest BCUT2D eigenvalue weighted by Gasteiger charge is -2.13. The van der Waals surface area contributed by atoms with Crippen LogP contribution in [0, 0.1) is 0 Å². The van der Waals surface area contributed by atoms with E-state index in [4.69, 9.17) is 5.11 Å². The van der Waals surface area contributed by atoms with Gasteiger partial charge in [0.1, 0.15) is 4.21 Å². The molecule has 0 aliphatic carbocycles. The molecule has 0 aromatic carbocycles. The van der Waals surface area contributed by atoms with Crippen LogP contribution >= 0.6 is 27.3 Å². The maximum atomic E-state index is 11.7. The Balaban J connectivity index is 2.96. The average molecular weight is 300 g/mol. The number of aliphatic hydroxyl groups is 1. The molecule has 1 N–H and O–H groups in total. The van der Waals surface area contributed by atoms with Gasteiger partial charge in [0, 0.05) is 13.6 Å². The predicted molar refractivity (Wildman–Crippen MR) is 58.9 cm³/mol. The molecule has 80 valence electrons. The van der Waals surface area contributed by atoms with Gasteiger partial charge in [-0.25, -0.2) is 8.42 Å². The van der Waals surface area contributed by atoms with Gasteiger partial charge >= 0.3 is 0 Å². The van der Waals surface area contributed by atoms with Crippen molar-refractivity contribution in [2.45, 2.75) is 4.21 Å². The third-order valence-corrected chi connectivity index (χ3v) is 5.58. The molecular formula is C7H10BrNO3S2. The molecule has 0 atom stereocenters. The second kappa shape index (κ2) is 4.71. The Morgan fingerprint density at radius 3 is 2.64 bits per heavy atom. The van der Waals surface area contributed by atoms with Gasteiger partial charge in [0.05, 0.1) is 10.4 Å². The van der Waals surface area contributed by atoms with Crippen molar-refractivity contribution in [3.05, 3.63) is 15.9 Å². The topological polar surface area (TPSA) is 57.6 Å². The highest BCUT2D eigenvalue weighted by atomic mass is 79.9. The highest BCUT2D eigenvalue weighted by molar-refractivity contribution is 9.11. The van der Waals surface area contributed by atoms with Crippen molar-refractivity contribution in [3.63, 3.8) is 0 Å². The largest absolute Gasteiger partial charge is 0.395 e. The lowest BCUT2D eigenvalue weighted by Crippen LogP contribution is -2.28. The van der Waals surface area contributed by atoms with E-state index < -0.39 is 10.0 Å². The van der Waals surface area contributed by atoms with Crippen LogP contribution in [0.5, 0.6) is 0 Å². The summed E-state index contributed by atoms with van der Waals surface area (Å²) in [5.74, 6) is 0. The summed E-state index contributed by atoms with van der Waals surface area (Å²) in [5, 5.41) is 8.64. The molecule has 14 heavy (non-hydrogen) atoms. The molecule has 0 saturated carbocycles. The van der Waals surface area contributed by atoms with Crippen LogP contribution in [0.15, 0.2) is 20.1 Å². The van der Waals surface area contributed by atoms with Gasteiger partial charge in [-0.3, -0.25) is 0 Å². The number of nitrogens with zero attached hydrogens (tertiary/aromatic N) is 1. The Bertz CT molecular complexity index is 401. The number of aliphatic hydroxyl groups excluding tert-OH is 1. The van der Waals surface area contributed by atoms with Gasteiger partial charge in [0.2, 0.25) is 0 Å². The van der Waals surface area contributed by atoms with Crippen LogP contribution in [0.1, 0.15) is 0 Å². The second-order valence-corrected chi connectivity index (χ2v) is 7.34. The number of hydrogen-bond acceptors (Lipinski definition) is 4. The minimum atomic E-state index is -3.42. The van der Waals surface area contributed by atoms with Gasteiger partial charge in [-0.05, 0) is 28.1 Å². The fourth-order valence-electron chi connectivity index (χ4n) is 0.851. The predicted octanol–water partition coefficient (Wildman–Crippen LogP) is 1.12. The molecule has 0 fully saturated rings. The van der Waals surface area contributed by atoms with Gasteiger partial charge in [-0.2, -0.15) is 4.31 Å². The molecule has 0 aliphatic heterocycles. The second-order valence-electron chi connectivity index (χ2n) is 2.61. The molecule has 0 aliphatic rings. The van der Waals surface area contributed by atoms with E-state index in [0.29, 0.717) is 0 Å². The Kier molecular flexibility index (Phi) is 4.08. The first-order chi connectivity index (χ1) is 6.48. The fourth-order valence-corrected chi connectivity index (χ4v) is 4.23. The monoisotopic (exact) mass is 299 g/mol. The normalized spacial score (nSPS) is 12.3. The molecule has 0 bridgehead atoms. The molecule has 1 aromatic heterocycles. The molecule has 1 rings (SSSR count). The molecule has 0 amide bonds. The minimum Gasteiger partial charge on any atom is -0.395 e. The minimum absolute atomic E-state index is 0.109. The zero-order valence-corrected chi connectivity index (χ0v) is 10.7. The summed E-state index contributed by atoms with van der Waals surface area (Å²) >= 11 is 4.35. The van der Waals surface area contributed by atoms with Crippen molar-refractivity contribution >= 4 is 37.3 Å². The third-order valence-electron chi connectivity index (χ3n) is 1.63. The number of likely N-dealkylation sites (N-methyl/N-ethyl adjacent to an activating group) is 1. The van der Waals surface area contributed by atoms with Crippen molar-refractivity contribution in [3.8, 4) is 0 Å². The van der Waals surface area contributed by atoms with Crippen molar-refractivity contribution in [1.29, 1.82) is 0 Å². The summed E-state index contributed by atoms with van der Waals surface area (Å²) < 4.78 is 25.7. The maximum absolute atomic E-state index is 11.7. The first kappa shape index (κ1) is 12.1. The Labute approximate surface area is 95.3 Å². The highest BCUT2D eigenvalue weighted by Crippen LogP contribution is 2.27. The van der Waals surface area contributed by atoms with Crippen LogP contribution in [0.25, 0.3) is 0 Å². The Morgan fingerprint density at radius 2 is 2.21 bits per heavy atom. The summed E-state index contributed by atoms with van der Waals surface area (Å²) in [6, 6.07) is 3.22. The molecule has 0 spiro atoms. The Hall–Kier alpha value is 0.0500. The SMILES string of the molecule is CN(CCO)S(=O)(=O)c1ccc(Br)s1. The van der Waals surface area contributed by atoms with Crippen LogP contribution in [-0.2, 0) is 10.0 Å². The van der Waals surface area contributed by atoms with Crippen molar-refractivity contribution < 1.29 is 13.5 Å². The van der Waals surface area contributed by atoms with E-state index in [9.17, 15) is 8.42 Å². The van der Waals surface area contributed by atoms with E-state index in [2.05, 4.69) is 15.9 Å². The first-order valence-electron chi connectivity index (χ1n) is 3.81. The number of rotatable bonds is 4. The zero-order valence-electron chi connectivity index (χ0n) is 7.47. The van der Waals surface area contributed by atoms with E-state index in [1.807, 2.05) is 0 Å². The zero-order chi connectivity index (χ0) is 10.8. The van der Waals surface area contributed by atoms with Crippen molar-refractivity contribution in [1.82, 2.24) is 4.31 Å². The van der Waals surface area contributed by atoms with Gasteiger partial charge in [-0.15, -0.1) is 11.3 Å². The van der Waals surface area contributed by atoms with Crippen molar-refractivity contribution in [2.75, 3.05) is 20.2 Å². The number of halogens is 1.